The largest absolute Gasteiger partial charge is 0.503 e. The summed E-state index contributed by atoms with van der Waals surface area (Å²) in [6, 6.07) is 1.02. The first-order valence-corrected chi connectivity index (χ1v) is 2.70. The van der Waals surface area contributed by atoms with E-state index in [1.165, 1.54) is 0 Å². The minimum atomic E-state index is -0.727. The fourth-order valence-corrected chi connectivity index (χ4v) is 0.583. The van der Waals surface area contributed by atoms with Crippen LogP contribution in [-0.4, -0.2) is 10.1 Å². The molecule has 0 amide bonds. The van der Waals surface area contributed by atoms with Crippen LogP contribution >= 0.6 is 0 Å². The maximum atomic E-state index is 11.8. The molecule has 54 valence electrons. The highest BCUT2D eigenvalue weighted by Gasteiger charge is 1.96. The number of halogens is 1. The molecule has 10 heavy (non-hydrogen) atoms. The number of nitrogens with one attached hydrogen (secondary N) is 1. The summed E-state index contributed by atoms with van der Waals surface area (Å²) >= 11 is 0. The molecule has 1 rings (SSSR count). The lowest BCUT2D eigenvalue weighted by Gasteiger charge is -1.92. The first-order valence-electron chi connectivity index (χ1n) is 2.70. The summed E-state index contributed by atoms with van der Waals surface area (Å²) in [5, 5.41) is 8.67. The molecule has 0 aliphatic carbocycles. The smallest absolute Gasteiger partial charge is 0.223 e. The average Bonchev–Trinajstić information content (AvgIpc) is 1.95. The maximum absolute atomic E-state index is 11.8. The van der Waals surface area contributed by atoms with E-state index in [0.29, 0.717) is 0 Å². The fraction of sp³-hybridized carbons (Fsp3) is 0.167. The van der Waals surface area contributed by atoms with Gasteiger partial charge in [0.05, 0.1) is 5.69 Å². The molecule has 0 saturated heterocycles. The Labute approximate surface area is 56.1 Å². The van der Waals surface area contributed by atoms with Crippen molar-refractivity contribution in [3.63, 3.8) is 0 Å². The van der Waals surface area contributed by atoms with Crippen molar-refractivity contribution in [2.75, 3.05) is 0 Å². The van der Waals surface area contributed by atoms with Crippen LogP contribution in [0, 0.1) is 0 Å². The molecule has 0 unspecified atom stereocenters. The lowest BCUT2D eigenvalue weighted by Crippen LogP contribution is -2.01. The van der Waals surface area contributed by atoms with Gasteiger partial charge >= 0.3 is 0 Å². The molecule has 1 heterocycles. The van der Waals surface area contributed by atoms with Gasteiger partial charge < -0.3 is 10.1 Å². The standard InChI is InChI=1S/C6H6FNO2/c7-2-4-1-5(9)6(10)3-8-4/h1,3,10H,2H2,(H,8,9). The summed E-state index contributed by atoms with van der Waals surface area (Å²) in [5.41, 5.74) is -0.394. The minimum Gasteiger partial charge on any atom is -0.503 e. The van der Waals surface area contributed by atoms with Crippen molar-refractivity contribution in [1.82, 2.24) is 4.98 Å². The molecule has 0 atom stereocenters. The zero-order valence-corrected chi connectivity index (χ0v) is 5.10. The highest BCUT2D eigenvalue weighted by atomic mass is 19.1. The van der Waals surface area contributed by atoms with Crippen LogP contribution in [-0.2, 0) is 6.67 Å². The van der Waals surface area contributed by atoms with Crippen LogP contribution < -0.4 is 5.43 Å². The van der Waals surface area contributed by atoms with Gasteiger partial charge in [0.1, 0.15) is 6.67 Å². The minimum absolute atomic E-state index is 0.169. The van der Waals surface area contributed by atoms with E-state index in [1.54, 1.807) is 0 Å². The molecule has 2 N–H and O–H groups in total. The second-order valence-corrected chi connectivity index (χ2v) is 1.84. The summed E-state index contributed by atoms with van der Waals surface area (Å²) in [4.78, 5) is 13.0. The van der Waals surface area contributed by atoms with E-state index in [0.717, 1.165) is 12.3 Å². The predicted molar refractivity (Wildman–Crippen MR) is 33.5 cm³/mol. The number of rotatable bonds is 1. The van der Waals surface area contributed by atoms with E-state index in [1.807, 2.05) is 0 Å². The maximum Gasteiger partial charge on any atom is 0.223 e. The van der Waals surface area contributed by atoms with Crippen LogP contribution in [0.4, 0.5) is 4.39 Å². The Kier molecular flexibility index (Phi) is 1.71. The summed E-state index contributed by atoms with van der Waals surface area (Å²) in [7, 11) is 0. The molecule has 0 saturated carbocycles. The Morgan fingerprint density at radius 1 is 1.70 bits per heavy atom. The number of pyridine rings is 1. The topological polar surface area (TPSA) is 53.1 Å². The number of aromatic nitrogens is 1. The number of aromatic amines is 1. The number of alkyl halides is 1. The summed E-state index contributed by atoms with van der Waals surface area (Å²) < 4.78 is 11.8. The number of hydrogen-bond acceptors (Lipinski definition) is 2. The molecule has 0 aromatic carbocycles. The SMILES string of the molecule is O=c1cc(CF)[nH]cc1O. The zero-order valence-electron chi connectivity index (χ0n) is 5.10. The van der Waals surface area contributed by atoms with Crippen LogP contribution in [0.5, 0.6) is 5.75 Å². The third-order valence-electron chi connectivity index (χ3n) is 1.10. The monoisotopic (exact) mass is 143 g/mol. The molecule has 0 spiro atoms. The van der Waals surface area contributed by atoms with Gasteiger partial charge in [-0.15, -0.1) is 0 Å². The van der Waals surface area contributed by atoms with E-state index >= 15 is 0 Å². The van der Waals surface area contributed by atoms with Gasteiger partial charge in [-0.2, -0.15) is 0 Å². The number of aromatic hydroxyl groups is 1. The van der Waals surface area contributed by atoms with E-state index in [-0.39, 0.29) is 5.69 Å². The van der Waals surface area contributed by atoms with Crippen molar-refractivity contribution < 1.29 is 9.50 Å². The quantitative estimate of drug-likeness (QED) is 0.603. The van der Waals surface area contributed by atoms with Crippen molar-refractivity contribution in [2.24, 2.45) is 0 Å². The van der Waals surface area contributed by atoms with Crippen molar-refractivity contribution in [1.29, 1.82) is 0 Å². The van der Waals surface area contributed by atoms with E-state index in [4.69, 9.17) is 5.11 Å². The summed E-state index contributed by atoms with van der Waals surface area (Å²) in [6.45, 7) is -0.727. The van der Waals surface area contributed by atoms with E-state index in [9.17, 15) is 9.18 Å². The molecule has 3 nitrogen and oxygen atoms in total. The van der Waals surface area contributed by atoms with E-state index < -0.39 is 17.9 Å². The highest BCUT2D eigenvalue weighted by Crippen LogP contribution is 1.98. The average molecular weight is 143 g/mol. The molecular weight excluding hydrogens is 137 g/mol. The van der Waals surface area contributed by atoms with Crippen molar-refractivity contribution in [2.45, 2.75) is 6.67 Å². The Bertz CT molecular complexity index is 281. The van der Waals surface area contributed by atoms with Gasteiger partial charge in [-0.1, -0.05) is 0 Å². The first-order chi connectivity index (χ1) is 4.74. The Morgan fingerprint density at radius 3 is 2.90 bits per heavy atom. The normalized spacial score (nSPS) is 9.70. The molecule has 0 radical (unpaired) electrons. The second-order valence-electron chi connectivity index (χ2n) is 1.84. The van der Waals surface area contributed by atoms with Gasteiger partial charge in [-0.05, 0) is 0 Å². The first kappa shape index (κ1) is 6.80. The second kappa shape index (κ2) is 2.51. The molecule has 0 fully saturated rings. The Balaban J connectivity index is 3.17. The number of hydrogen-bond donors (Lipinski definition) is 2. The van der Waals surface area contributed by atoms with Gasteiger partial charge in [0.25, 0.3) is 0 Å². The lowest BCUT2D eigenvalue weighted by molar-refractivity contribution is 0.456. The van der Waals surface area contributed by atoms with Crippen LogP contribution in [0.1, 0.15) is 5.69 Å². The molecule has 1 aromatic rings. The Hall–Kier alpha value is -1.32. The summed E-state index contributed by atoms with van der Waals surface area (Å²) in [6.07, 6.45) is 1.07. The van der Waals surface area contributed by atoms with E-state index in [2.05, 4.69) is 4.98 Å². The van der Waals surface area contributed by atoms with Crippen molar-refractivity contribution in [3.8, 4) is 5.75 Å². The third kappa shape index (κ3) is 1.15. The predicted octanol–water partition coefficient (Wildman–Crippen LogP) is 0.550. The highest BCUT2D eigenvalue weighted by molar-refractivity contribution is 5.17. The number of H-pyrrole nitrogens is 1. The molecule has 0 aliphatic rings. The third-order valence-corrected chi connectivity index (χ3v) is 1.10. The van der Waals surface area contributed by atoms with Gasteiger partial charge in [0.2, 0.25) is 5.43 Å². The molecule has 4 heteroatoms. The van der Waals surface area contributed by atoms with Crippen LogP contribution in [0.3, 0.4) is 0 Å². The van der Waals surface area contributed by atoms with Gasteiger partial charge in [0, 0.05) is 12.3 Å². The van der Waals surface area contributed by atoms with Gasteiger partial charge in [-0.25, -0.2) is 4.39 Å². The Morgan fingerprint density at radius 2 is 2.40 bits per heavy atom. The molecule has 0 aliphatic heterocycles. The van der Waals surface area contributed by atoms with Crippen LogP contribution in [0.25, 0.3) is 0 Å². The molecular formula is C6H6FNO2. The van der Waals surface area contributed by atoms with Crippen LogP contribution in [0.2, 0.25) is 0 Å². The fourth-order valence-electron chi connectivity index (χ4n) is 0.583. The molecule has 1 aromatic heterocycles. The summed E-state index contributed by atoms with van der Waals surface area (Å²) in [5.74, 6) is -0.391. The van der Waals surface area contributed by atoms with Gasteiger partial charge in [-0.3, -0.25) is 4.79 Å². The van der Waals surface area contributed by atoms with Crippen molar-refractivity contribution >= 4 is 0 Å². The zero-order chi connectivity index (χ0) is 7.56. The van der Waals surface area contributed by atoms with Crippen molar-refractivity contribution in [3.05, 3.63) is 28.2 Å². The molecule has 0 bridgehead atoms. The van der Waals surface area contributed by atoms with Crippen LogP contribution in [0.15, 0.2) is 17.1 Å². The van der Waals surface area contributed by atoms with Gasteiger partial charge in [0.15, 0.2) is 5.75 Å². The lowest BCUT2D eigenvalue weighted by atomic mass is 10.3.